The molecule has 6 nitrogen and oxygen atoms in total. The quantitative estimate of drug-likeness (QED) is 0.855. The molecule has 0 saturated heterocycles. The first-order chi connectivity index (χ1) is 9.98. The average molecular weight is 287 g/mol. The minimum Gasteiger partial charge on any atom is -0.369 e. The van der Waals surface area contributed by atoms with E-state index >= 15 is 0 Å². The summed E-state index contributed by atoms with van der Waals surface area (Å²) in [5.41, 5.74) is 11.1. The molecule has 1 amide bonds. The van der Waals surface area contributed by atoms with Crippen molar-refractivity contribution in [2.24, 2.45) is 23.3 Å². The molecule has 2 aliphatic carbocycles. The van der Waals surface area contributed by atoms with Crippen LogP contribution in [0.4, 0.5) is 0 Å². The lowest BCUT2D eigenvalue weighted by Crippen LogP contribution is -2.59. The van der Waals surface area contributed by atoms with Gasteiger partial charge in [0.15, 0.2) is 0 Å². The van der Waals surface area contributed by atoms with Crippen molar-refractivity contribution in [3.05, 3.63) is 36.7 Å². The first-order valence-electron chi connectivity index (χ1n) is 7.29. The molecule has 0 spiro atoms. The van der Waals surface area contributed by atoms with Gasteiger partial charge >= 0.3 is 0 Å². The van der Waals surface area contributed by atoms with Crippen LogP contribution in [-0.4, -0.2) is 26.4 Å². The van der Waals surface area contributed by atoms with Crippen molar-refractivity contribution in [2.45, 2.75) is 37.3 Å². The first kappa shape index (κ1) is 14.0. The predicted octanol–water partition coefficient (Wildman–Crippen LogP) is 0.718. The van der Waals surface area contributed by atoms with Gasteiger partial charge in [0.1, 0.15) is 5.54 Å². The van der Waals surface area contributed by atoms with E-state index in [-0.39, 0.29) is 17.4 Å². The summed E-state index contributed by atoms with van der Waals surface area (Å²) in [6.07, 6.45) is 13.7. The van der Waals surface area contributed by atoms with E-state index in [1.807, 2.05) is 31.2 Å². The van der Waals surface area contributed by atoms with Crippen LogP contribution in [-0.2, 0) is 10.3 Å². The third kappa shape index (κ3) is 2.01. The Morgan fingerprint density at radius 1 is 1.33 bits per heavy atom. The second-order valence-electron chi connectivity index (χ2n) is 6.28. The maximum Gasteiger partial charge on any atom is 0.227 e. The number of primary amides is 1. The van der Waals surface area contributed by atoms with Crippen LogP contribution in [0.1, 0.15) is 26.2 Å². The van der Waals surface area contributed by atoms with Crippen molar-refractivity contribution in [1.29, 1.82) is 0 Å². The van der Waals surface area contributed by atoms with Gasteiger partial charge in [-0.2, -0.15) is 15.0 Å². The van der Waals surface area contributed by atoms with Crippen molar-refractivity contribution >= 4 is 5.91 Å². The van der Waals surface area contributed by atoms with E-state index in [1.165, 1.54) is 0 Å². The summed E-state index contributed by atoms with van der Waals surface area (Å²) in [5.74, 6) is -0.826. The number of hydrogen-bond donors (Lipinski definition) is 2. The van der Waals surface area contributed by atoms with Crippen molar-refractivity contribution in [2.75, 3.05) is 0 Å². The number of carbonyl (C=O) groups is 1. The summed E-state index contributed by atoms with van der Waals surface area (Å²) in [4.78, 5) is 13.7. The molecule has 4 N–H and O–H groups in total. The van der Waals surface area contributed by atoms with Crippen LogP contribution in [0.3, 0.4) is 0 Å². The Morgan fingerprint density at radius 3 is 2.62 bits per heavy atom. The fourth-order valence-corrected chi connectivity index (χ4v) is 4.00. The van der Waals surface area contributed by atoms with Gasteiger partial charge in [-0.05, 0) is 19.8 Å². The van der Waals surface area contributed by atoms with E-state index in [4.69, 9.17) is 11.5 Å². The van der Waals surface area contributed by atoms with E-state index < -0.39 is 11.5 Å². The highest BCUT2D eigenvalue weighted by Crippen LogP contribution is 2.49. The molecule has 4 atom stereocenters. The number of nitrogens with zero attached hydrogens (tertiary/aromatic N) is 3. The highest BCUT2D eigenvalue weighted by atomic mass is 16.1. The Bertz CT molecular complexity index is 589. The molecule has 2 aliphatic rings. The monoisotopic (exact) mass is 287 g/mol. The van der Waals surface area contributed by atoms with Gasteiger partial charge in [0.25, 0.3) is 0 Å². The van der Waals surface area contributed by atoms with Crippen molar-refractivity contribution in [3.63, 3.8) is 0 Å². The van der Waals surface area contributed by atoms with E-state index in [0.717, 1.165) is 19.3 Å². The lowest BCUT2D eigenvalue weighted by molar-refractivity contribution is -0.124. The fourth-order valence-electron chi connectivity index (χ4n) is 4.00. The molecule has 1 saturated carbocycles. The molecule has 1 aromatic heterocycles. The Labute approximate surface area is 123 Å². The number of aromatic nitrogens is 3. The highest BCUT2D eigenvalue weighted by Gasteiger charge is 2.56. The third-order valence-electron chi connectivity index (χ3n) is 4.91. The SMILES string of the molecule is CC1(N)CCCC1C1(n2nccn2)C=CC=CC1C(N)=O. The van der Waals surface area contributed by atoms with Gasteiger partial charge in [-0.15, -0.1) is 0 Å². The van der Waals surface area contributed by atoms with Gasteiger partial charge < -0.3 is 11.5 Å². The number of rotatable bonds is 3. The fraction of sp³-hybridized carbons (Fsp3) is 0.533. The number of allylic oxidation sites excluding steroid dienone is 3. The van der Waals surface area contributed by atoms with Crippen LogP contribution in [0.5, 0.6) is 0 Å². The molecule has 0 aliphatic heterocycles. The maximum absolute atomic E-state index is 12.1. The standard InChI is InChI=1S/C15H21N5O/c1-14(17)7-4-6-12(14)15(20-18-9-10-19-20)8-3-2-5-11(15)13(16)21/h2-3,5,8-12H,4,6-7,17H2,1H3,(H2,16,21). The Hall–Kier alpha value is -1.95. The molecule has 0 bridgehead atoms. The van der Waals surface area contributed by atoms with Crippen molar-refractivity contribution in [1.82, 2.24) is 15.0 Å². The number of nitrogens with two attached hydrogens (primary N) is 2. The molecule has 21 heavy (non-hydrogen) atoms. The Kier molecular flexibility index (Phi) is 3.20. The molecule has 3 rings (SSSR count). The molecule has 0 aromatic carbocycles. The molecule has 1 heterocycles. The number of carbonyl (C=O) groups excluding carboxylic acids is 1. The summed E-state index contributed by atoms with van der Waals surface area (Å²) < 4.78 is 0. The Balaban J connectivity index is 2.18. The predicted molar refractivity (Wildman–Crippen MR) is 78.9 cm³/mol. The average Bonchev–Trinajstić information content (AvgIpc) is 3.07. The lowest BCUT2D eigenvalue weighted by Gasteiger charge is -2.45. The zero-order valence-electron chi connectivity index (χ0n) is 12.1. The first-order valence-corrected chi connectivity index (χ1v) is 7.29. The molecule has 4 unspecified atom stereocenters. The van der Waals surface area contributed by atoms with E-state index in [9.17, 15) is 4.79 Å². The van der Waals surface area contributed by atoms with Gasteiger partial charge in [-0.25, -0.2) is 0 Å². The van der Waals surface area contributed by atoms with Gasteiger partial charge in [-0.3, -0.25) is 4.79 Å². The van der Waals surface area contributed by atoms with E-state index in [0.29, 0.717) is 0 Å². The van der Waals surface area contributed by atoms with Crippen LogP contribution < -0.4 is 11.5 Å². The highest BCUT2D eigenvalue weighted by molar-refractivity contribution is 5.81. The minimum absolute atomic E-state index is 0.0519. The second kappa shape index (κ2) is 4.80. The van der Waals surface area contributed by atoms with Crippen LogP contribution in [0, 0.1) is 11.8 Å². The van der Waals surface area contributed by atoms with Crippen LogP contribution >= 0.6 is 0 Å². The summed E-state index contributed by atoms with van der Waals surface area (Å²) in [6, 6.07) is 0. The molecule has 1 fully saturated rings. The smallest absolute Gasteiger partial charge is 0.227 e. The number of hydrogen-bond acceptors (Lipinski definition) is 4. The zero-order valence-corrected chi connectivity index (χ0v) is 12.1. The van der Waals surface area contributed by atoms with E-state index in [1.54, 1.807) is 17.2 Å². The van der Waals surface area contributed by atoms with Gasteiger partial charge in [0, 0.05) is 11.5 Å². The van der Waals surface area contributed by atoms with Gasteiger partial charge in [-0.1, -0.05) is 30.7 Å². The molecule has 0 radical (unpaired) electrons. The normalized spacial score (nSPS) is 38.8. The topological polar surface area (TPSA) is 99.8 Å². The van der Waals surface area contributed by atoms with Crippen LogP contribution in [0.15, 0.2) is 36.7 Å². The second-order valence-corrected chi connectivity index (χ2v) is 6.28. The van der Waals surface area contributed by atoms with Crippen LogP contribution in [0.2, 0.25) is 0 Å². The van der Waals surface area contributed by atoms with Gasteiger partial charge in [0.05, 0.1) is 18.3 Å². The Morgan fingerprint density at radius 2 is 2.05 bits per heavy atom. The van der Waals surface area contributed by atoms with Crippen LogP contribution in [0.25, 0.3) is 0 Å². The van der Waals surface area contributed by atoms with Gasteiger partial charge in [0.2, 0.25) is 5.91 Å². The molecular formula is C15H21N5O. The summed E-state index contributed by atoms with van der Waals surface area (Å²) in [7, 11) is 0. The number of amides is 1. The largest absolute Gasteiger partial charge is 0.369 e. The van der Waals surface area contributed by atoms with Crippen molar-refractivity contribution < 1.29 is 4.79 Å². The van der Waals surface area contributed by atoms with Crippen molar-refractivity contribution in [3.8, 4) is 0 Å². The minimum atomic E-state index is -0.718. The molecule has 6 heteroatoms. The molecule has 112 valence electrons. The zero-order chi connectivity index (χ0) is 15.1. The summed E-state index contributed by atoms with van der Waals surface area (Å²) in [5, 5.41) is 8.62. The molecule has 1 aromatic rings. The summed E-state index contributed by atoms with van der Waals surface area (Å²) >= 11 is 0. The lowest BCUT2D eigenvalue weighted by atomic mass is 9.66. The molecular weight excluding hydrogens is 266 g/mol. The third-order valence-corrected chi connectivity index (χ3v) is 4.91. The maximum atomic E-state index is 12.1. The van der Waals surface area contributed by atoms with E-state index in [2.05, 4.69) is 10.2 Å². The summed E-state index contributed by atoms with van der Waals surface area (Å²) in [6.45, 7) is 2.04.